The third kappa shape index (κ3) is 4.46. The number of halogens is 1. The first-order chi connectivity index (χ1) is 17.3. The Hall–Kier alpha value is -3.39. The molecule has 0 bridgehead atoms. The van der Waals surface area contributed by atoms with Crippen LogP contribution in [-0.2, 0) is 16.1 Å². The van der Waals surface area contributed by atoms with Crippen molar-refractivity contribution in [1.29, 1.82) is 0 Å². The van der Waals surface area contributed by atoms with Gasteiger partial charge in [-0.25, -0.2) is 0 Å². The van der Waals surface area contributed by atoms with Crippen molar-refractivity contribution in [3.63, 3.8) is 0 Å². The summed E-state index contributed by atoms with van der Waals surface area (Å²) in [6.07, 6.45) is 2.81. The second-order valence-corrected chi connectivity index (χ2v) is 10.2. The molecule has 0 unspecified atom stereocenters. The monoisotopic (exact) mass is 508 g/mol. The van der Waals surface area contributed by atoms with Crippen LogP contribution in [0.15, 0.2) is 42.5 Å². The predicted molar refractivity (Wildman–Crippen MR) is 136 cm³/mol. The Balaban J connectivity index is 1.28. The number of hydrogen-bond donors (Lipinski definition) is 1. The summed E-state index contributed by atoms with van der Waals surface area (Å²) >= 11 is 6.27. The van der Waals surface area contributed by atoms with Gasteiger partial charge in [0.05, 0.1) is 29.3 Å². The lowest BCUT2D eigenvalue weighted by Crippen LogP contribution is -2.48. The molecule has 3 aliphatic rings. The van der Waals surface area contributed by atoms with Gasteiger partial charge in [0.1, 0.15) is 0 Å². The van der Waals surface area contributed by atoms with Crippen molar-refractivity contribution in [2.45, 2.75) is 32.2 Å². The molecule has 4 amide bonds. The van der Waals surface area contributed by atoms with Crippen LogP contribution in [-0.4, -0.2) is 59.6 Å². The molecule has 5 rings (SSSR count). The summed E-state index contributed by atoms with van der Waals surface area (Å²) in [4.78, 5) is 56.4. The Labute approximate surface area is 215 Å². The maximum atomic E-state index is 13.4. The highest BCUT2D eigenvalue weighted by molar-refractivity contribution is 6.31. The molecule has 2 aromatic rings. The number of nitrogens with two attached hydrogens (primary N) is 1. The lowest BCUT2D eigenvalue weighted by Gasteiger charge is -2.38. The fourth-order valence-electron chi connectivity index (χ4n) is 5.55. The number of carbonyl (C=O) groups is 4. The second kappa shape index (κ2) is 9.93. The van der Waals surface area contributed by atoms with E-state index in [2.05, 4.69) is 4.90 Å². The maximum Gasteiger partial charge on any atom is 0.263 e. The van der Waals surface area contributed by atoms with E-state index in [0.717, 1.165) is 18.5 Å². The molecule has 9 heteroatoms. The number of likely N-dealkylation sites (tertiary alicyclic amines) is 1. The third-order valence-corrected chi connectivity index (χ3v) is 7.95. The number of amides is 4. The van der Waals surface area contributed by atoms with Gasteiger partial charge >= 0.3 is 0 Å². The van der Waals surface area contributed by atoms with Crippen LogP contribution in [0.4, 0.5) is 5.69 Å². The Bertz CT molecular complexity index is 1220. The molecule has 188 valence electrons. The van der Waals surface area contributed by atoms with E-state index in [-0.39, 0.29) is 42.0 Å². The van der Waals surface area contributed by atoms with E-state index in [1.807, 2.05) is 24.3 Å². The molecule has 0 radical (unpaired) electrons. The van der Waals surface area contributed by atoms with Crippen LogP contribution in [0.1, 0.15) is 52.0 Å². The first-order valence-electron chi connectivity index (χ1n) is 12.4. The molecule has 2 aromatic carbocycles. The van der Waals surface area contributed by atoms with Gasteiger partial charge in [-0.1, -0.05) is 35.9 Å². The molecule has 3 heterocycles. The summed E-state index contributed by atoms with van der Waals surface area (Å²) in [5, 5.41) is 0.511. The zero-order valence-corrected chi connectivity index (χ0v) is 20.7. The zero-order valence-electron chi connectivity index (χ0n) is 20.0. The predicted octanol–water partition coefficient (Wildman–Crippen LogP) is 3.08. The van der Waals surface area contributed by atoms with Gasteiger partial charge in [-0.3, -0.25) is 24.1 Å². The van der Waals surface area contributed by atoms with Crippen LogP contribution in [0.25, 0.3) is 0 Å². The van der Waals surface area contributed by atoms with Gasteiger partial charge in [0, 0.05) is 37.1 Å². The number of benzene rings is 2. The fourth-order valence-corrected chi connectivity index (χ4v) is 5.75. The maximum absolute atomic E-state index is 13.4. The standard InChI is InChI=1S/C27H29ClN4O4/c28-21-8-2-1-5-18(21)16-32-26(35)20-7-3-9-22(23(20)27(32)36)30-13-10-17(11-14-30)25(34)31-12-4-6-19(15-31)24(29)33/h1-3,5,7-9,17,19H,4,6,10-16H2,(H2,29,33)/t19-/m1/s1. The first-order valence-corrected chi connectivity index (χ1v) is 12.8. The molecule has 8 nitrogen and oxygen atoms in total. The van der Waals surface area contributed by atoms with E-state index < -0.39 is 0 Å². The van der Waals surface area contributed by atoms with Crippen molar-refractivity contribution in [3.05, 3.63) is 64.2 Å². The summed E-state index contributed by atoms with van der Waals surface area (Å²) in [6, 6.07) is 12.5. The highest BCUT2D eigenvalue weighted by Crippen LogP contribution is 2.35. The number of anilines is 1. The van der Waals surface area contributed by atoms with Gasteiger partial charge in [0.15, 0.2) is 0 Å². The number of hydrogen-bond acceptors (Lipinski definition) is 5. The van der Waals surface area contributed by atoms with E-state index in [4.69, 9.17) is 17.3 Å². The number of imide groups is 1. The lowest BCUT2D eigenvalue weighted by molar-refractivity contribution is -0.139. The SMILES string of the molecule is NC(=O)[C@@H]1CCCN(C(=O)C2CCN(c3cccc4c3C(=O)N(Cc3ccccc3Cl)C4=O)CC2)C1. The van der Waals surface area contributed by atoms with Gasteiger partial charge in [-0.05, 0) is 49.4 Å². The van der Waals surface area contributed by atoms with Gasteiger partial charge in [-0.2, -0.15) is 0 Å². The van der Waals surface area contributed by atoms with Crippen LogP contribution in [0.5, 0.6) is 0 Å². The molecule has 0 aliphatic carbocycles. The Morgan fingerprint density at radius 1 is 0.917 bits per heavy atom. The van der Waals surface area contributed by atoms with Crippen molar-refractivity contribution in [2.75, 3.05) is 31.1 Å². The minimum atomic E-state index is -0.344. The van der Waals surface area contributed by atoms with Crippen molar-refractivity contribution < 1.29 is 19.2 Å². The second-order valence-electron chi connectivity index (χ2n) is 9.77. The van der Waals surface area contributed by atoms with Gasteiger partial charge in [0.2, 0.25) is 11.8 Å². The number of fused-ring (bicyclic) bond motifs is 1. The fraction of sp³-hybridized carbons (Fsp3) is 0.407. The third-order valence-electron chi connectivity index (χ3n) is 7.58. The summed E-state index contributed by atoms with van der Waals surface area (Å²) in [5.74, 6) is -1.31. The Morgan fingerprint density at radius 3 is 2.39 bits per heavy atom. The van der Waals surface area contributed by atoms with Crippen molar-refractivity contribution in [2.24, 2.45) is 17.6 Å². The zero-order chi connectivity index (χ0) is 25.4. The van der Waals surface area contributed by atoms with Gasteiger partial charge < -0.3 is 15.5 Å². The van der Waals surface area contributed by atoms with E-state index in [9.17, 15) is 19.2 Å². The van der Waals surface area contributed by atoms with Crippen LogP contribution in [0.3, 0.4) is 0 Å². The topological polar surface area (TPSA) is 104 Å². The smallest absolute Gasteiger partial charge is 0.263 e. The molecule has 3 aliphatic heterocycles. The quantitative estimate of drug-likeness (QED) is 0.625. The molecule has 2 N–H and O–H groups in total. The molecule has 2 fully saturated rings. The van der Waals surface area contributed by atoms with E-state index in [1.165, 1.54) is 4.90 Å². The van der Waals surface area contributed by atoms with Crippen molar-refractivity contribution >= 4 is 40.9 Å². The Kier molecular flexibility index (Phi) is 6.71. The van der Waals surface area contributed by atoms with Crippen LogP contribution in [0, 0.1) is 11.8 Å². The lowest BCUT2D eigenvalue weighted by atomic mass is 9.91. The largest absolute Gasteiger partial charge is 0.371 e. The minimum absolute atomic E-state index is 0.0797. The van der Waals surface area contributed by atoms with Crippen LogP contribution in [0.2, 0.25) is 5.02 Å². The normalized spacial score (nSPS) is 20.6. The molecule has 0 aromatic heterocycles. The molecular formula is C27H29ClN4O4. The van der Waals surface area contributed by atoms with E-state index in [1.54, 1.807) is 23.1 Å². The molecule has 2 saturated heterocycles. The molecule has 1 atom stereocenters. The summed E-state index contributed by atoms with van der Waals surface area (Å²) < 4.78 is 0. The number of rotatable bonds is 5. The minimum Gasteiger partial charge on any atom is -0.371 e. The van der Waals surface area contributed by atoms with Crippen molar-refractivity contribution in [3.8, 4) is 0 Å². The van der Waals surface area contributed by atoms with Crippen LogP contribution < -0.4 is 10.6 Å². The van der Waals surface area contributed by atoms with Crippen LogP contribution >= 0.6 is 11.6 Å². The average molecular weight is 509 g/mol. The van der Waals surface area contributed by atoms with E-state index >= 15 is 0 Å². The summed E-state index contributed by atoms with van der Waals surface area (Å²) in [7, 11) is 0. The highest BCUT2D eigenvalue weighted by atomic mass is 35.5. The Morgan fingerprint density at radius 2 is 1.67 bits per heavy atom. The average Bonchev–Trinajstić information content (AvgIpc) is 3.14. The summed E-state index contributed by atoms with van der Waals surface area (Å²) in [5.41, 5.74) is 7.73. The van der Waals surface area contributed by atoms with Gasteiger partial charge in [0.25, 0.3) is 11.8 Å². The number of nitrogens with zero attached hydrogens (tertiary/aromatic N) is 3. The number of primary amides is 1. The van der Waals surface area contributed by atoms with E-state index in [0.29, 0.717) is 60.7 Å². The molecule has 36 heavy (non-hydrogen) atoms. The molecule has 0 spiro atoms. The van der Waals surface area contributed by atoms with Crippen molar-refractivity contribution in [1.82, 2.24) is 9.80 Å². The molecule has 0 saturated carbocycles. The highest BCUT2D eigenvalue weighted by Gasteiger charge is 2.40. The van der Waals surface area contributed by atoms with Gasteiger partial charge in [-0.15, -0.1) is 0 Å². The number of piperidine rings is 2. The molecular weight excluding hydrogens is 480 g/mol. The summed E-state index contributed by atoms with van der Waals surface area (Å²) in [6.45, 7) is 2.38. The number of carbonyl (C=O) groups excluding carboxylic acids is 4. The first kappa shape index (κ1) is 24.3.